The number of anilines is 1. The van der Waals surface area contributed by atoms with Gasteiger partial charge in [-0.1, -0.05) is 48.2 Å². The van der Waals surface area contributed by atoms with Crippen molar-refractivity contribution in [2.45, 2.75) is 5.16 Å². The zero-order valence-electron chi connectivity index (χ0n) is 18.2. The number of rotatable bonds is 7. The van der Waals surface area contributed by atoms with Crippen LogP contribution in [0.15, 0.2) is 78.0 Å². The van der Waals surface area contributed by atoms with E-state index in [2.05, 4.69) is 62.6 Å². The summed E-state index contributed by atoms with van der Waals surface area (Å²) < 4.78 is 2.18. The number of fused-ring (bicyclic) bond motifs is 1. The fourth-order valence-corrected chi connectivity index (χ4v) is 4.50. The second kappa shape index (κ2) is 9.05. The van der Waals surface area contributed by atoms with Crippen molar-refractivity contribution >= 4 is 34.3 Å². The Balaban J connectivity index is 1.53. The van der Waals surface area contributed by atoms with Crippen molar-refractivity contribution < 1.29 is 15.1 Å². The molecule has 0 amide bonds. The minimum absolute atomic E-state index is 0.122. The first kappa shape index (κ1) is 21.7. The van der Waals surface area contributed by atoms with Crippen LogP contribution in [0.2, 0.25) is 0 Å². The highest BCUT2D eigenvalue weighted by Gasteiger charge is 2.13. The van der Waals surface area contributed by atoms with Crippen LogP contribution in [0, 0.1) is 0 Å². The van der Waals surface area contributed by atoms with Crippen LogP contribution in [0.3, 0.4) is 0 Å². The van der Waals surface area contributed by atoms with Gasteiger partial charge in [0, 0.05) is 29.2 Å². The number of thioether (sulfide) groups is 1. The molecule has 0 saturated heterocycles. The van der Waals surface area contributed by atoms with Crippen molar-refractivity contribution in [3.63, 3.8) is 0 Å². The number of hydrogen-bond acceptors (Lipinski definition) is 6. The van der Waals surface area contributed by atoms with E-state index in [1.54, 1.807) is 6.07 Å². The number of aliphatic carboxylic acids is 1. The van der Waals surface area contributed by atoms with E-state index in [1.807, 2.05) is 36.4 Å². The third-order valence-corrected chi connectivity index (χ3v) is 6.40. The van der Waals surface area contributed by atoms with Gasteiger partial charge < -0.3 is 9.67 Å². The van der Waals surface area contributed by atoms with Crippen LogP contribution in [0.4, 0.5) is 5.69 Å². The Labute approximate surface area is 199 Å². The van der Waals surface area contributed by atoms with Gasteiger partial charge in [-0.05, 0) is 53.1 Å². The lowest BCUT2D eigenvalue weighted by atomic mass is 10.0. The molecular weight excluding hydrogens is 450 g/mol. The van der Waals surface area contributed by atoms with Gasteiger partial charge in [-0.25, -0.2) is 4.98 Å². The van der Waals surface area contributed by atoms with E-state index in [-0.39, 0.29) is 5.75 Å². The van der Waals surface area contributed by atoms with Crippen molar-refractivity contribution in [3.05, 3.63) is 72.8 Å². The number of H-pyrrole nitrogens is 1. The number of carbonyl (C=O) groups is 1. The molecule has 0 aliphatic rings. The van der Waals surface area contributed by atoms with Crippen molar-refractivity contribution in [1.29, 1.82) is 0 Å². The Morgan fingerprint density at radius 2 is 1.79 bits per heavy atom. The van der Waals surface area contributed by atoms with Crippen LogP contribution in [0.1, 0.15) is 0 Å². The maximum atomic E-state index is 10.8. The number of carboxylic acid groups (broad SMARTS) is 1. The molecule has 0 aliphatic carbocycles. The highest BCUT2D eigenvalue weighted by atomic mass is 32.2. The van der Waals surface area contributed by atoms with Gasteiger partial charge >= 0.3 is 5.97 Å². The monoisotopic (exact) mass is 471 g/mol. The standard InChI is InChI=1S/C25H21N5O3S/c1-30-21-8-7-16(9-18(21)13-22(30)15-5-3-2-4-6-15)17-10-19(12-20(11-17)29-33)24-26-25(28-27-24)34-14-23(31)32/h2-13,29,33H,14H2,1H3,(H,31,32)(H,26,27,28). The minimum Gasteiger partial charge on any atom is -0.481 e. The SMILES string of the molecule is Cn1c(-c2ccccc2)cc2cc(-c3cc(NO)cc(-c4nc(SCC(=O)O)n[nH]4)c3)ccc21. The fourth-order valence-electron chi connectivity index (χ4n) is 3.98. The second-order valence-electron chi connectivity index (χ2n) is 7.79. The molecule has 34 heavy (non-hydrogen) atoms. The molecule has 0 radical (unpaired) electrons. The van der Waals surface area contributed by atoms with E-state index in [1.165, 1.54) is 0 Å². The molecule has 3 aromatic carbocycles. The average molecular weight is 472 g/mol. The predicted molar refractivity (Wildman–Crippen MR) is 133 cm³/mol. The molecule has 9 heteroatoms. The number of aryl methyl sites for hydroxylation is 1. The second-order valence-corrected chi connectivity index (χ2v) is 8.73. The molecule has 8 nitrogen and oxygen atoms in total. The van der Waals surface area contributed by atoms with Crippen LogP contribution in [0.5, 0.6) is 0 Å². The van der Waals surface area contributed by atoms with Gasteiger partial charge in [-0.15, -0.1) is 5.10 Å². The molecule has 0 fully saturated rings. The Hall–Kier alpha value is -4.08. The zero-order valence-corrected chi connectivity index (χ0v) is 19.0. The summed E-state index contributed by atoms with van der Waals surface area (Å²) in [7, 11) is 2.06. The summed E-state index contributed by atoms with van der Waals surface area (Å²) in [6, 6.07) is 24.2. The van der Waals surface area contributed by atoms with Crippen molar-refractivity contribution in [2.24, 2.45) is 7.05 Å². The Morgan fingerprint density at radius 1 is 1.00 bits per heavy atom. The summed E-state index contributed by atoms with van der Waals surface area (Å²) in [5.74, 6) is -0.571. The van der Waals surface area contributed by atoms with Gasteiger partial charge in [-0.2, -0.15) is 0 Å². The summed E-state index contributed by atoms with van der Waals surface area (Å²) in [4.78, 5) is 15.2. The number of hydrogen-bond donors (Lipinski definition) is 4. The molecule has 0 atom stereocenters. The Bertz CT molecular complexity index is 1490. The lowest BCUT2D eigenvalue weighted by Crippen LogP contribution is -1.97. The summed E-state index contributed by atoms with van der Waals surface area (Å²) in [6.07, 6.45) is 0. The van der Waals surface area contributed by atoms with Crippen LogP contribution < -0.4 is 5.48 Å². The minimum atomic E-state index is -0.933. The summed E-state index contributed by atoms with van der Waals surface area (Å²) in [6.45, 7) is 0. The summed E-state index contributed by atoms with van der Waals surface area (Å²) in [5, 5.41) is 26.8. The molecule has 2 heterocycles. The topological polar surface area (TPSA) is 116 Å². The number of aromatic amines is 1. The van der Waals surface area contributed by atoms with Crippen LogP contribution in [0.25, 0.3) is 44.7 Å². The lowest BCUT2D eigenvalue weighted by Gasteiger charge is -2.09. The first-order valence-corrected chi connectivity index (χ1v) is 11.5. The van der Waals surface area contributed by atoms with E-state index in [9.17, 15) is 10.0 Å². The number of nitrogens with one attached hydrogen (secondary N) is 2. The van der Waals surface area contributed by atoms with Gasteiger partial charge in [-0.3, -0.25) is 20.6 Å². The number of carboxylic acids is 1. The molecule has 0 unspecified atom stereocenters. The van der Waals surface area contributed by atoms with Crippen molar-refractivity contribution in [2.75, 3.05) is 11.2 Å². The highest BCUT2D eigenvalue weighted by Crippen LogP contribution is 2.33. The van der Waals surface area contributed by atoms with Gasteiger partial charge in [0.05, 0.1) is 11.4 Å². The predicted octanol–water partition coefficient (Wildman–Crippen LogP) is 5.28. The Morgan fingerprint density at radius 3 is 2.56 bits per heavy atom. The number of nitrogens with zero attached hydrogens (tertiary/aromatic N) is 3. The van der Waals surface area contributed by atoms with E-state index < -0.39 is 5.97 Å². The Kier molecular flexibility index (Phi) is 5.79. The molecule has 0 bridgehead atoms. The zero-order chi connectivity index (χ0) is 23.7. The number of aromatic nitrogens is 4. The third-order valence-electron chi connectivity index (χ3n) is 5.57. The summed E-state index contributed by atoms with van der Waals surface area (Å²) in [5.41, 5.74) is 8.70. The van der Waals surface area contributed by atoms with E-state index >= 15 is 0 Å². The normalized spacial score (nSPS) is 11.1. The molecular formula is C25H21N5O3S. The highest BCUT2D eigenvalue weighted by molar-refractivity contribution is 7.99. The average Bonchev–Trinajstić information content (AvgIpc) is 3.47. The largest absolute Gasteiger partial charge is 0.481 e. The van der Waals surface area contributed by atoms with Gasteiger partial charge in [0.15, 0.2) is 5.82 Å². The van der Waals surface area contributed by atoms with Gasteiger partial charge in [0.2, 0.25) is 5.16 Å². The maximum Gasteiger partial charge on any atom is 0.313 e. The fraction of sp³-hybridized carbons (Fsp3) is 0.0800. The maximum absolute atomic E-state index is 10.8. The number of benzene rings is 3. The molecule has 5 rings (SSSR count). The molecule has 0 spiro atoms. The van der Waals surface area contributed by atoms with Crippen LogP contribution in [-0.4, -0.2) is 41.8 Å². The van der Waals surface area contributed by atoms with Gasteiger partial charge in [0.25, 0.3) is 0 Å². The smallest absolute Gasteiger partial charge is 0.313 e. The molecule has 2 aromatic heterocycles. The summed E-state index contributed by atoms with van der Waals surface area (Å²) >= 11 is 1.04. The molecule has 170 valence electrons. The van der Waals surface area contributed by atoms with E-state index in [0.717, 1.165) is 45.0 Å². The molecule has 0 aliphatic heterocycles. The van der Waals surface area contributed by atoms with Crippen molar-refractivity contribution in [1.82, 2.24) is 19.7 Å². The van der Waals surface area contributed by atoms with E-state index in [0.29, 0.717) is 22.2 Å². The molecule has 5 aromatic rings. The first-order chi connectivity index (χ1) is 16.5. The van der Waals surface area contributed by atoms with Crippen LogP contribution in [-0.2, 0) is 11.8 Å². The van der Waals surface area contributed by atoms with E-state index in [4.69, 9.17) is 5.11 Å². The third kappa shape index (κ3) is 4.26. The lowest BCUT2D eigenvalue weighted by molar-refractivity contribution is -0.133. The van der Waals surface area contributed by atoms with Crippen molar-refractivity contribution in [3.8, 4) is 33.8 Å². The van der Waals surface area contributed by atoms with Crippen LogP contribution >= 0.6 is 11.8 Å². The first-order valence-electron chi connectivity index (χ1n) is 10.5. The molecule has 0 saturated carbocycles. The molecule has 4 N–H and O–H groups in total. The quantitative estimate of drug-likeness (QED) is 0.189. The van der Waals surface area contributed by atoms with Gasteiger partial charge in [0.1, 0.15) is 0 Å².